The molecule has 0 aliphatic carbocycles. The van der Waals surface area contributed by atoms with E-state index in [4.69, 9.17) is 4.74 Å². The van der Waals surface area contributed by atoms with Crippen molar-refractivity contribution in [1.82, 2.24) is 14.9 Å². The number of methoxy groups -OCH3 is 1. The van der Waals surface area contributed by atoms with Crippen LogP contribution in [0.25, 0.3) is 11.0 Å². The maximum atomic E-state index is 5.22. The Bertz CT molecular complexity index is 517. The van der Waals surface area contributed by atoms with Crippen LogP contribution < -0.4 is 4.74 Å². The minimum atomic E-state index is 0.304. The standard InChI is InChI=1S/C14H21N3O/c1-5-17(6-2)10(3)14-15-12-8-7-11(18-4)9-13(12)16-14/h7-10H,5-6H2,1-4H3,(H,15,16). The summed E-state index contributed by atoms with van der Waals surface area (Å²) in [6, 6.07) is 6.22. The molecule has 0 aliphatic heterocycles. The van der Waals surface area contributed by atoms with Crippen molar-refractivity contribution in [3.63, 3.8) is 0 Å². The van der Waals surface area contributed by atoms with E-state index in [0.717, 1.165) is 35.7 Å². The van der Waals surface area contributed by atoms with Gasteiger partial charge in [0.15, 0.2) is 0 Å². The maximum Gasteiger partial charge on any atom is 0.124 e. The first-order valence-corrected chi connectivity index (χ1v) is 6.47. The Labute approximate surface area is 108 Å². The maximum absolute atomic E-state index is 5.22. The lowest BCUT2D eigenvalue weighted by atomic mass is 10.2. The quantitative estimate of drug-likeness (QED) is 0.883. The summed E-state index contributed by atoms with van der Waals surface area (Å²) in [5, 5.41) is 0. The Hall–Kier alpha value is -1.55. The Kier molecular flexibility index (Phi) is 3.87. The molecular formula is C14H21N3O. The lowest BCUT2D eigenvalue weighted by Gasteiger charge is -2.24. The number of hydrogen-bond donors (Lipinski definition) is 1. The van der Waals surface area contributed by atoms with Crippen LogP contribution in [-0.2, 0) is 0 Å². The summed E-state index contributed by atoms with van der Waals surface area (Å²) >= 11 is 0. The number of rotatable bonds is 5. The van der Waals surface area contributed by atoms with Crippen LogP contribution in [0.4, 0.5) is 0 Å². The number of nitrogens with one attached hydrogen (secondary N) is 1. The van der Waals surface area contributed by atoms with E-state index in [9.17, 15) is 0 Å². The van der Waals surface area contributed by atoms with Gasteiger partial charge >= 0.3 is 0 Å². The smallest absolute Gasteiger partial charge is 0.124 e. The van der Waals surface area contributed by atoms with Gasteiger partial charge in [-0.25, -0.2) is 4.98 Å². The van der Waals surface area contributed by atoms with E-state index in [2.05, 4.69) is 35.6 Å². The lowest BCUT2D eigenvalue weighted by Crippen LogP contribution is -2.27. The molecular weight excluding hydrogens is 226 g/mol. The Morgan fingerprint density at radius 2 is 2.06 bits per heavy atom. The highest BCUT2D eigenvalue weighted by atomic mass is 16.5. The molecule has 0 fully saturated rings. The minimum absolute atomic E-state index is 0.304. The van der Waals surface area contributed by atoms with Gasteiger partial charge < -0.3 is 9.72 Å². The molecule has 18 heavy (non-hydrogen) atoms. The average molecular weight is 247 g/mol. The van der Waals surface area contributed by atoms with Crippen LogP contribution in [0.5, 0.6) is 5.75 Å². The van der Waals surface area contributed by atoms with E-state index in [1.165, 1.54) is 0 Å². The predicted octanol–water partition coefficient (Wildman–Crippen LogP) is 2.97. The molecule has 4 heteroatoms. The topological polar surface area (TPSA) is 41.2 Å². The van der Waals surface area contributed by atoms with E-state index in [1.807, 2.05) is 18.2 Å². The van der Waals surface area contributed by atoms with Crippen molar-refractivity contribution in [2.75, 3.05) is 20.2 Å². The van der Waals surface area contributed by atoms with Gasteiger partial charge in [0.05, 0.1) is 24.2 Å². The fraction of sp³-hybridized carbons (Fsp3) is 0.500. The normalized spacial score (nSPS) is 13.2. The molecule has 0 saturated carbocycles. The van der Waals surface area contributed by atoms with Gasteiger partial charge in [0.2, 0.25) is 0 Å². The van der Waals surface area contributed by atoms with E-state index in [-0.39, 0.29) is 0 Å². The fourth-order valence-electron chi connectivity index (χ4n) is 2.28. The van der Waals surface area contributed by atoms with E-state index >= 15 is 0 Å². The third kappa shape index (κ3) is 2.34. The number of H-pyrrole nitrogens is 1. The number of nitrogens with zero attached hydrogens (tertiary/aromatic N) is 2. The summed E-state index contributed by atoms with van der Waals surface area (Å²) in [6.45, 7) is 8.58. The van der Waals surface area contributed by atoms with Gasteiger partial charge in [0.1, 0.15) is 11.6 Å². The highest BCUT2D eigenvalue weighted by Gasteiger charge is 2.16. The van der Waals surface area contributed by atoms with Crippen molar-refractivity contribution in [3.8, 4) is 5.75 Å². The van der Waals surface area contributed by atoms with Crippen LogP contribution in [0.1, 0.15) is 32.6 Å². The fourth-order valence-corrected chi connectivity index (χ4v) is 2.28. The molecule has 0 spiro atoms. The number of aromatic amines is 1. The lowest BCUT2D eigenvalue weighted by molar-refractivity contribution is 0.227. The molecule has 0 aliphatic rings. The molecule has 0 bridgehead atoms. The molecule has 0 radical (unpaired) electrons. The van der Waals surface area contributed by atoms with Crippen LogP contribution in [0.2, 0.25) is 0 Å². The van der Waals surface area contributed by atoms with Crippen LogP contribution in [-0.4, -0.2) is 35.1 Å². The van der Waals surface area contributed by atoms with Crippen molar-refractivity contribution in [3.05, 3.63) is 24.0 Å². The zero-order valence-corrected chi connectivity index (χ0v) is 11.5. The first kappa shape index (κ1) is 12.9. The number of ether oxygens (including phenoxy) is 1. The first-order chi connectivity index (χ1) is 8.69. The Morgan fingerprint density at radius 3 is 2.67 bits per heavy atom. The molecule has 1 N–H and O–H groups in total. The second-order valence-corrected chi connectivity index (χ2v) is 4.40. The van der Waals surface area contributed by atoms with E-state index in [1.54, 1.807) is 7.11 Å². The molecule has 1 heterocycles. The summed E-state index contributed by atoms with van der Waals surface area (Å²) < 4.78 is 5.22. The molecule has 2 rings (SSSR count). The van der Waals surface area contributed by atoms with Gasteiger partial charge in [0, 0.05) is 6.07 Å². The van der Waals surface area contributed by atoms with Crippen LogP contribution >= 0.6 is 0 Å². The summed E-state index contributed by atoms with van der Waals surface area (Å²) in [4.78, 5) is 10.4. The van der Waals surface area contributed by atoms with Crippen molar-refractivity contribution >= 4 is 11.0 Å². The van der Waals surface area contributed by atoms with Gasteiger partial charge in [-0.3, -0.25) is 4.90 Å². The summed E-state index contributed by atoms with van der Waals surface area (Å²) in [7, 11) is 1.68. The van der Waals surface area contributed by atoms with Crippen molar-refractivity contribution in [1.29, 1.82) is 0 Å². The highest BCUT2D eigenvalue weighted by Crippen LogP contribution is 2.23. The van der Waals surface area contributed by atoms with Gasteiger partial charge in [0.25, 0.3) is 0 Å². The van der Waals surface area contributed by atoms with Crippen LogP contribution in [0, 0.1) is 0 Å². The number of fused-ring (bicyclic) bond motifs is 1. The van der Waals surface area contributed by atoms with Crippen LogP contribution in [0.15, 0.2) is 18.2 Å². The second-order valence-electron chi connectivity index (χ2n) is 4.40. The third-order valence-corrected chi connectivity index (χ3v) is 3.46. The minimum Gasteiger partial charge on any atom is -0.497 e. The summed E-state index contributed by atoms with van der Waals surface area (Å²) in [5.41, 5.74) is 2.02. The molecule has 0 saturated heterocycles. The highest BCUT2D eigenvalue weighted by molar-refractivity contribution is 5.76. The Balaban J connectivity index is 2.34. The number of imidazole rings is 1. The Morgan fingerprint density at radius 1 is 1.33 bits per heavy atom. The van der Waals surface area contributed by atoms with Crippen LogP contribution in [0.3, 0.4) is 0 Å². The predicted molar refractivity (Wildman–Crippen MR) is 74.0 cm³/mol. The number of hydrogen-bond acceptors (Lipinski definition) is 3. The van der Waals surface area contributed by atoms with E-state index in [0.29, 0.717) is 6.04 Å². The summed E-state index contributed by atoms with van der Waals surface area (Å²) in [6.07, 6.45) is 0. The zero-order chi connectivity index (χ0) is 13.1. The van der Waals surface area contributed by atoms with Crippen molar-refractivity contribution in [2.24, 2.45) is 0 Å². The summed E-state index contributed by atoms with van der Waals surface area (Å²) in [5.74, 6) is 1.87. The average Bonchev–Trinajstić information content (AvgIpc) is 2.82. The number of aromatic nitrogens is 2. The van der Waals surface area contributed by atoms with Crippen molar-refractivity contribution < 1.29 is 4.74 Å². The number of benzene rings is 1. The SMILES string of the molecule is CCN(CC)C(C)c1nc2ccc(OC)cc2[nH]1. The molecule has 98 valence electrons. The molecule has 1 unspecified atom stereocenters. The monoisotopic (exact) mass is 247 g/mol. The van der Waals surface area contributed by atoms with E-state index < -0.39 is 0 Å². The molecule has 2 aromatic rings. The van der Waals surface area contributed by atoms with Gasteiger partial charge in [-0.05, 0) is 32.1 Å². The third-order valence-electron chi connectivity index (χ3n) is 3.46. The van der Waals surface area contributed by atoms with Crippen molar-refractivity contribution in [2.45, 2.75) is 26.8 Å². The second kappa shape index (κ2) is 5.40. The molecule has 1 aromatic carbocycles. The van der Waals surface area contributed by atoms with Gasteiger partial charge in [-0.1, -0.05) is 13.8 Å². The van der Waals surface area contributed by atoms with Gasteiger partial charge in [-0.15, -0.1) is 0 Å². The first-order valence-electron chi connectivity index (χ1n) is 6.47. The largest absolute Gasteiger partial charge is 0.497 e. The molecule has 1 aromatic heterocycles. The molecule has 4 nitrogen and oxygen atoms in total. The molecule has 1 atom stereocenters. The van der Waals surface area contributed by atoms with Gasteiger partial charge in [-0.2, -0.15) is 0 Å². The zero-order valence-electron chi connectivity index (χ0n) is 11.5. The molecule has 0 amide bonds.